The second-order valence-corrected chi connectivity index (χ2v) is 7.47. The molecule has 3 aromatic rings. The lowest BCUT2D eigenvalue weighted by Crippen LogP contribution is -2.30. The molecule has 0 saturated carbocycles. The summed E-state index contributed by atoms with van der Waals surface area (Å²) in [5.41, 5.74) is 5.65. The van der Waals surface area contributed by atoms with Gasteiger partial charge in [-0.2, -0.15) is 5.10 Å². The summed E-state index contributed by atoms with van der Waals surface area (Å²) in [6, 6.07) is 15.9. The summed E-state index contributed by atoms with van der Waals surface area (Å²) >= 11 is 6.04. The van der Waals surface area contributed by atoms with Crippen LogP contribution >= 0.6 is 11.6 Å². The molecule has 0 spiro atoms. The predicted octanol–water partition coefficient (Wildman–Crippen LogP) is 5.38. The number of rotatable bonds is 5. The topological polar surface area (TPSA) is 49.0 Å². The van der Waals surface area contributed by atoms with E-state index in [0.29, 0.717) is 10.7 Å². The molecule has 1 N–H and O–H groups in total. The van der Waals surface area contributed by atoms with Gasteiger partial charge in [-0.1, -0.05) is 66.9 Å². The first-order valence-corrected chi connectivity index (χ1v) is 9.69. The molecule has 2 heterocycles. The van der Waals surface area contributed by atoms with E-state index in [4.69, 9.17) is 11.6 Å². The van der Waals surface area contributed by atoms with Gasteiger partial charge in [-0.3, -0.25) is 9.89 Å². The van der Waals surface area contributed by atoms with Crippen LogP contribution in [0.1, 0.15) is 53.0 Å². The summed E-state index contributed by atoms with van der Waals surface area (Å²) < 4.78 is 0. The van der Waals surface area contributed by atoms with E-state index in [1.165, 1.54) is 5.56 Å². The number of aromatic amines is 1. The number of hydrogen-bond acceptors (Lipinski definition) is 2. The molecule has 0 radical (unpaired) electrons. The van der Waals surface area contributed by atoms with Gasteiger partial charge in [-0.25, -0.2) is 0 Å². The van der Waals surface area contributed by atoms with Crippen LogP contribution < -0.4 is 0 Å². The third kappa shape index (κ3) is 3.15. The molecule has 1 unspecified atom stereocenters. The Morgan fingerprint density at radius 2 is 1.81 bits per heavy atom. The zero-order chi connectivity index (χ0) is 19.0. The van der Waals surface area contributed by atoms with Crippen LogP contribution in [0.3, 0.4) is 0 Å². The van der Waals surface area contributed by atoms with E-state index in [1.807, 2.05) is 29.2 Å². The third-order valence-corrected chi connectivity index (χ3v) is 5.38. The smallest absolute Gasteiger partial charge is 0.273 e. The molecular weight excluding hydrogens is 358 g/mol. The Hall–Kier alpha value is -2.59. The van der Waals surface area contributed by atoms with Crippen molar-refractivity contribution in [1.82, 2.24) is 15.1 Å². The van der Waals surface area contributed by atoms with Gasteiger partial charge in [0.15, 0.2) is 0 Å². The standard InChI is InChI=1S/C22H22ClN3O/c1-3-4-13-26-21(16-7-5-14(2)6-8-16)18-19(24-25-20(18)22(26)27)15-9-11-17(23)12-10-15/h5-12,21H,3-4,13H2,1-2H3,(H,24,25). The van der Waals surface area contributed by atoms with Crippen LogP contribution in [0, 0.1) is 6.92 Å². The number of hydrogen-bond donors (Lipinski definition) is 1. The van der Waals surface area contributed by atoms with E-state index >= 15 is 0 Å². The van der Waals surface area contributed by atoms with Crippen molar-refractivity contribution in [2.45, 2.75) is 32.7 Å². The molecule has 4 nitrogen and oxygen atoms in total. The summed E-state index contributed by atoms with van der Waals surface area (Å²) in [5, 5.41) is 8.16. The first-order valence-electron chi connectivity index (χ1n) is 9.32. The van der Waals surface area contributed by atoms with Gasteiger partial charge in [0.25, 0.3) is 5.91 Å². The van der Waals surface area contributed by atoms with Gasteiger partial charge >= 0.3 is 0 Å². The van der Waals surface area contributed by atoms with E-state index in [9.17, 15) is 4.79 Å². The minimum absolute atomic E-state index is 0.0248. The number of amides is 1. The Bertz CT molecular complexity index is 960. The molecule has 27 heavy (non-hydrogen) atoms. The molecule has 4 rings (SSSR count). The predicted molar refractivity (Wildman–Crippen MR) is 108 cm³/mol. The molecular formula is C22H22ClN3O. The van der Waals surface area contributed by atoms with Crippen molar-refractivity contribution in [3.8, 4) is 11.3 Å². The van der Waals surface area contributed by atoms with Crippen LogP contribution in [0.4, 0.5) is 0 Å². The quantitative estimate of drug-likeness (QED) is 0.646. The first kappa shape index (κ1) is 17.8. The number of nitrogens with zero attached hydrogens (tertiary/aromatic N) is 2. The average Bonchev–Trinajstić information content (AvgIpc) is 3.21. The van der Waals surface area contributed by atoms with Crippen molar-refractivity contribution < 1.29 is 4.79 Å². The normalized spacial score (nSPS) is 16.0. The second kappa shape index (κ2) is 7.20. The van der Waals surface area contributed by atoms with E-state index in [2.05, 4.69) is 48.3 Å². The minimum atomic E-state index is -0.121. The molecule has 5 heteroatoms. The lowest BCUT2D eigenvalue weighted by atomic mass is 9.95. The second-order valence-electron chi connectivity index (χ2n) is 7.03. The van der Waals surface area contributed by atoms with Crippen LogP contribution in [-0.4, -0.2) is 27.5 Å². The van der Waals surface area contributed by atoms with Crippen molar-refractivity contribution in [3.63, 3.8) is 0 Å². The largest absolute Gasteiger partial charge is 0.326 e. The summed E-state index contributed by atoms with van der Waals surface area (Å²) in [6.07, 6.45) is 2.02. The summed E-state index contributed by atoms with van der Waals surface area (Å²) in [4.78, 5) is 15.1. The van der Waals surface area contributed by atoms with E-state index in [-0.39, 0.29) is 11.9 Å². The van der Waals surface area contributed by atoms with Crippen molar-refractivity contribution in [3.05, 3.63) is 75.9 Å². The first-order chi connectivity index (χ1) is 13.1. The zero-order valence-electron chi connectivity index (χ0n) is 15.5. The number of aromatic nitrogens is 2. The minimum Gasteiger partial charge on any atom is -0.326 e. The number of carbonyl (C=O) groups is 1. The number of H-pyrrole nitrogens is 1. The number of halogens is 1. The molecule has 2 aromatic carbocycles. The molecule has 0 saturated heterocycles. The van der Waals surface area contributed by atoms with E-state index in [0.717, 1.165) is 41.8 Å². The van der Waals surface area contributed by atoms with Crippen molar-refractivity contribution in [2.24, 2.45) is 0 Å². The lowest BCUT2D eigenvalue weighted by molar-refractivity contribution is 0.0741. The highest BCUT2D eigenvalue weighted by atomic mass is 35.5. The number of benzene rings is 2. The highest BCUT2D eigenvalue weighted by Gasteiger charge is 2.41. The maximum absolute atomic E-state index is 13.1. The van der Waals surface area contributed by atoms with Gasteiger partial charge in [-0.05, 0) is 31.0 Å². The number of aryl methyl sites for hydroxylation is 1. The summed E-state index contributed by atoms with van der Waals surface area (Å²) in [7, 11) is 0. The van der Waals surface area contributed by atoms with Crippen molar-refractivity contribution >= 4 is 17.5 Å². The van der Waals surface area contributed by atoms with Crippen LogP contribution in [-0.2, 0) is 0 Å². The third-order valence-electron chi connectivity index (χ3n) is 5.13. The highest BCUT2D eigenvalue weighted by Crippen LogP contribution is 2.42. The Morgan fingerprint density at radius 1 is 1.11 bits per heavy atom. The van der Waals surface area contributed by atoms with Crippen LogP contribution in [0.2, 0.25) is 5.02 Å². The molecule has 1 aromatic heterocycles. The fraction of sp³-hybridized carbons (Fsp3) is 0.273. The number of fused-ring (bicyclic) bond motifs is 1. The fourth-order valence-corrected chi connectivity index (χ4v) is 3.80. The summed E-state index contributed by atoms with van der Waals surface area (Å²) in [6.45, 7) is 4.94. The maximum atomic E-state index is 13.1. The van der Waals surface area contributed by atoms with Gasteiger partial charge in [-0.15, -0.1) is 0 Å². The number of nitrogens with one attached hydrogen (secondary N) is 1. The Labute approximate surface area is 164 Å². The SMILES string of the molecule is CCCCN1C(=O)c2[nH]nc(-c3ccc(Cl)cc3)c2C1c1ccc(C)cc1. The fourth-order valence-electron chi connectivity index (χ4n) is 3.68. The van der Waals surface area contributed by atoms with Gasteiger partial charge in [0.1, 0.15) is 5.69 Å². The van der Waals surface area contributed by atoms with Gasteiger partial charge in [0.05, 0.1) is 11.7 Å². The average molecular weight is 380 g/mol. The van der Waals surface area contributed by atoms with E-state index in [1.54, 1.807) is 0 Å². The summed E-state index contributed by atoms with van der Waals surface area (Å²) in [5.74, 6) is 0.0248. The van der Waals surface area contributed by atoms with Crippen molar-refractivity contribution in [2.75, 3.05) is 6.54 Å². The van der Waals surface area contributed by atoms with Crippen LogP contribution in [0.5, 0.6) is 0 Å². The monoisotopic (exact) mass is 379 g/mol. The molecule has 0 bridgehead atoms. The Kier molecular flexibility index (Phi) is 4.75. The number of unbranched alkanes of at least 4 members (excludes halogenated alkanes) is 1. The molecule has 138 valence electrons. The molecule has 1 aliphatic heterocycles. The maximum Gasteiger partial charge on any atom is 0.273 e. The molecule has 0 aliphatic carbocycles. The molecule has 1 aliphatic rings. The number of carbonyl (C=O) groups excluding carboxylic acids is 1. The molecule has 1 amide bonds. The highest BCUT2D eigenvalue weighted by molar-refractivity contribution is 6.30. The van der Waals surface area contributed by atoms with Gasteiger partial charge < -0.3 is 4.90 Å². The Morgan fingerprint density at radius 3 is 2.48 bits per heavy atom. The Balaban J connectivity index is 1.84. The van der Waals surface area contributed by atoms with Gasteiger partial charge in [0.2, 0.25) is 0 Å². The van der Waals surface area contributed by atoms with E-state index < -0.39 is 0 Å². The van der Waals surface area contributed by atoms with Crippen molar-refractivity contribution in [1.29, 1.82) is 0 Å². The van der Waals surface area contributed by atoms with Gasteiger partial charge in [0, 0.05) is 22.7 Å². The zero-order valence-corrected chi connectivity index (χ0v) is 16.3. The molecule has 1 atom stereocenters. The lowest BCUT2D eigenvalue weighted by Gasteiger charge is -2.26. The molecule has 0 fully saturated rings. The van der Waals surface area contributed by atoms with Crippen LogP contribution in [0.15, 0.2) is 48.5 Å². The van der Waals surface area contributed by atoms with Crippen LogP contribution in [0.25, 0.3) is 11.3 Å².